The number of benzene rings is 1. The number of thiophene rings is 1. The van der Waals surface area contributed by atoms with Crippen molar-refractivity contribution in [2.45, 2.75) is 12.6 Å². The van der Waals surface area contributed by atoms with Crippen molar-refractivity contribution in [3.63, 3.8) is 0 Å². The molecule has 2 aromatic heterocycles. The van der Waals surface area contributed by atoms with Crippen molar-refractivity contribution in [2.24, 2.45) is 5.92 Å². The van der Waals surface area contributed by atoms with E-state index in [0.29, 0.717) is 27.6 Å². The van der Waals surface area contributed by atoms with Gasteiger partial charge >= 0.3 is 0 Å². The molecule has 0 spiro atoms. The fraction of sp³-hybridized carbons (Fsp3) is 0.278. The molecular formula is C18H18ClN5O2S. The molecule has 0 bridgehead atoms. The van der Waals surface area contributed by atoms with Gasteiger partial charge in [-0.2, -0.15) is 0 Å². The van der Waals surface area contributed by atoms with E-state index in [-0.39, 0.29) is 30.0 Å². The van der Waals surface area contributed by atoms with E-state index in [2.05, 4.69) is 20.8 Å². The van der Waals surface area contributed by atoms with Crippen LogP contribution in [0.15, 0.2) is 40.5 Å². The number of hydrogen-bond donors (Lipinski definition) is 3. The van der Waals surface area contributed by atoms with Crippen molar-refractivity contribution in [3.05, 3.63) is 62.5 Å². The summed E-state index contributed by atoms with van der Waals surface area (Å²) >= 11 is 7.31. The quantitative estimate of drug-likeness (QED) is 0.620. The molecule has 4 rings (SSSR count). The van der Waals surface area contributed by atoms with Crippen molar-refractivity contribution in [2.75, 3.05) is 13.6 Å². The third-order valence-corrected chi connectivity index (χ3v) is 5.81. The van der Waals surface area contributed by atoms with Gasteiger partial charge in [0.15, 0.2) is 0 Å². The molecule has 1 aliphatic heterocycles. The van der Waals surface area contributed by atoms with Crippen molar-refractivity contribution in [1.29, 1.82) is 0 Å². The molecule has 0 radical (unpaired) electrons. The number of carbonyl (C=O) groups is 1. The van der Waals surface area contributed by atoms with E-state index >= 15 is 0 Å². The van der Waals surface area contributed by atoms with Gasteiger partial charge < -0.3 is 9.88 Å². The molecule has 27 heavy (non-hydrogen) atoms. The van der Waals surface area contributed by atoms with Crippen LogP contribution < -0.4 is 16.4 Å². The SMILES string of the molecule is CN(Cc1nc2ccsc2c(=O)[nH]1)C(=O)C1CNNC1c1ccc(Cl)cc1. The van der Waals surface area contributed by atoms with Gasteiger partial charge in [0, 0.05) is 18.6 Å². The number of nitrogens with one attached hydrogen (secondary N) is 3. The Morgan fingerprint density at radius 2 is 2.11 bits per heavy atom. The number of rotatable bonds is 4. The number of hydrazine groups is 1. The van der Waals surface area contributed by atoms with E-state index < -0.39 is 0 Å². The van der Waals surface area contributed by atoms with Gasteiger partial charge in [-0.3, -0.25) is 15.0 Å². The van der Waals surface area contributed by atoms with E-state index in [0.717, 1.165) is 5.56 Å². The zero-order valence-corrected chi connectivity index (χ0v) is 16.1. The largest absolute Gasteiger partial charge is 0.338 e. The molecule has 1 amide bonds. The van der Waals surface area contributed by atoms with Crippen LogP contribution in [-0.4, -0.2) is 34.4 Å². The average molecular weight is 404 g/mol. The molecule has 3 aromatic rings. The minimum atomic E-state index is -0.271. The van der Waals surface area contributed by atoms with Gasteiger partial charge in [0.1, 0.15) is 10.5 Å². The minimum Gasteiger partial charge on any atom is -0.338 e. The summed E-state index contributed by atoms with van der Waals surface area (Å²) in [7, 11) is 1.72. The molecule has 0 aliphatic carbocycles. The van der Waals surface area contributed by atoms with Crippen LogP contribution in [0.1, 0.15) is 17.4 Å². The van der Waals surface area contributed by atoms with Crippen molar-refractivity contribution < 1.29 is 4.79 Å². The van der Waals surface area contributed by atoms with E-state index in [1.807, 2.05) is 35.7 Å². The number of fused-ring (bicyclic) bond motifs is 1. The highest BCUT2D eigenvalue weighted by molar-refractivity contribution is 7.17. The second kappa shape index (κ2) is 7.40. The topological polar surface area (TPSA) is 90.1 Å². The number of nitrogens with zero attached hydrogens (tertiary/aromatic N) is 2. The van der Waals surface area contributed by atoms with Crippen molar-refractivity contribution in [3.8, 4) is 0 Å². The number of aromatic amines is 1. The number of H-pyrrole nitrogens is 1. The number of halogens is 1. The molecule has 1 aliphatic rings. The maximum atomic E-state index is 13.0. The van der Waals surface area contributed by atoms with E-state index in [1.54, 1.807) is 11.9 Å². The third-order valence-electron chi connectivity index (χ3n) is 4.66. The predicted molar refractivity (Wildman–Crippen MR) is 106 cm³/mol. The lowest BCUT2D eigenvalue weighted by Gasteiger charge is -2.24. The first kappa shape index (κ1) is 18.1. The van der Waals surface area contributed by atoms with Gasteiger partial charge in [-0.25, -0.2) is 10.4 Å². The Morgan fingerprint density at radius 1 is 1.33 bits per heavy atom. The van der Waals surface area contributed by atoms with E-state index in [4.69, 9.17) is 11.6 Å². The minimum absolute atomic E-state index is 0.0273. The molecule has 1 saturated heterocycles. The summed E-state index contributed by atoms with van der Waals surface area (Å²) < 4.78 is 0.597. The van der Waals surface area contributed by atoms with Crippen LogP contribution in [-0.2, 0) is 11.3 Å². The molecule has 7 nitrogen and oxygen atoms in total. The van der Waals surface area contributed by atoms with Gasteiger partial charge in [0.2, 0.25) is 5.91 Å². The second-order valence-corrected chi connectivity index (χ2v) is 7.86. The number of carbonyl (C=O) groups excluding carboxylic acids is 1. The van der Waals surface area contributed by atoms with Gasteiger partial charge in [0.25, 0.3) is 5.56 Å². The highest BCUT2D eigenvalue weighted by Crippen LogP contribution is 2.27. The number of hydrogen-bond acceptors (Lipinski definition) is 6. The molecular weight excluding hydrogens is 386 g/mol. The summed E-state index contributed by atoms with van der Waals surface area (Å²) in [6.07, 6.45) is 0. The lowest BCUT2D eigenvalue weighted by atomic mass is 9.94. The zero-order valence-electron chi connectivity index (χ0n) is 14.5. The summed E-state index contributed by atoms with van der Waals surface area (Å²) in [5, 5.41) is 2.49. The van der Waals surface area contributed by atoms with Crippen LogP contribution in [0.2, 0.25) is 5.02 Å². The van der Waals surface area contributed by atoms with Crippen LogP contribution in [0, 0.1) is 5.92 Å². The number of aromatic nitrogens is 2. The Balaban J connectivity index is 1.52. The molecule has 2 unspecified atom stereocenters. The summed E-state index contributed by atoms with van der Waals surface area (Å²) in [5.74, 6) is 0.178. The first-order valence-corrected chi connectivity index (χ1v) is 9.74. The average Bonchev–Trinajstić information content (AvgIpc) is 3.31. The summed E-state index contributed by atoms with van der Waals surface area (Å²) in [5.41, 5.74) is 7.69. The summed E-state index contributed by atoms with van der Waals surface area (Å²) in [4.78, 5) is 33.9. The Kier molecular flexibility index (Phi) is 4.96. The van der Waals surface area contributed by atoms with Crippen LogP contribution in [0.4, 0.5) is 0 Å². The fourth-order valence-corrected chi connectivity index (χ4v) is 4.15. The molecule has 2 atom stereocenters. The normalized spacial score (nSPS) is 19.5. The Labute approximate surface area is 164 Å². The lowest BCUT2D eigenvalue weighted by molar-refractivity contribution is -0.134. The monoisotopic (exact) mass is 403 g/mol. The molecule has 3 heterocycles. The molecule has 140 valence electrons. The van der Waals surface area contributed by atoms with Crippen LogP contribution in [0.5, 0.6) is 0 Å². The second-order valence-electron chi connectivity index (χ2n) is 6.50. The van der Waals surface area contributed by atoms with Gasteiger partial charge in [-0.05, 0) is 29.1 Å². The van der Waals surface area contributed by atoms with Crippen molar-refractivity contribution >= 4 is 39.1 Å². The first-order valence-electron chi connectivity index (χ1n) is 8.48. The smallest absolute Gasteiger partial charge is 0.268 e. The maximum Gasteiger partial charge on any atom is 0.268 e. The number of amides is 1. The van der Waals surface area contributed by atoms with Gasteiger partial charge in [-0.15, -0.1) is 11.3 Å². The molecule has 3 N–H and O–H groups in total. The first-order chi connectivity index (χ1) is 13.0. The van der Waals surface area contributed by atoms with Crippen LogP contribution in [0.3, 0.4) is 0 Å². The van der Waals surface area contributed by atoms with E-state index in [1.165, 1.54) is 11.3 Å². The van der Waals surface area contributed by atoms with Crippen LogP contribution in [0.25, 0.3) is 10.2 Å². The Bertz CT molecular complexity index is 1030. The Hall–Kier alpha value is -2.26. The highest BCUT2D eigenvalue weighted by atomic mass is 35.5. The standard InChI is InChI=1S/C18H18ClN5O2S/c1-24(9-14-21-13-6-7-27-16(13)17(25)22-14)18(26)12-8-20-23-15(12)10-2-4-11(19)5-3-10/h2-7,12,15,20,23H,8-9H2,1H3,(H,21,22,25). The summed E-state index contributed by atoms with van der Waals surface area (Å²) in [6.45, 7) is 0.758. The maximum absolute atomic E-state index is 13.0. The highest BCUT2D eigenvalue weighted by Gasteiger charge is 2.35. The van der Waals surface area contributed by atoms with E-state index in [9.17, 15) is 9.59 Å². The Morgan fingerprint density at radius 3 is 2.89 bits per heavy atom. The van der Waals surface area contributed by atoms with Gasteiger partial charge in [0.05, 0.1) is 24.0 Å². The molecule has 9 heteroatoms. The van der Waals surface area contributed by atoms with Gasteiger partial charge in [-0.1, -0.05) is 23.7 Å². The molecule has 0 saturated carbocycles. The third kappa shape index (κ3) is 3.61. The predicted octanol–water partition coefficient (Wildman–Crippen LogP) is 2.06. The zero-order chi connectivity index (χ0) is 19.0. The fourth-order valence-electron chi connectivity index (χ4n) is 3.30. The molecule has 1 aromatic carbocycles. The lowest BCUT2D eigenvalue weighted by Crippen LogP contribution is -2.37. The summed E-state index contributed by atoms with van der Waals surface area (Å²) in [6, 6.07) is 9.11. The van der Waals surface area contributed by atoms with Crippen molar-refractivity contribution in [1.82, 2.24) is 25.7 Å². The van der Waals surface area contributed by atoms with Crippen LogP contribution >= 0.6 is 22.9 Å². The molecule has 1 fully saturated rings.